The molecule has 0 amide bonds. The van der Waals surface area contributed by atoms with Crippen molar-refractivity contribution in [1.29, 1.82) is 5.26 Å². The molecule has 116 valence electrons. The van der Waals surface area contributed by atoms with Crippen LogP contribution in [0.3, 0.4) is 0 Å². The number of carbonyl (C=O) groups excluding carboxylic acids is 2. The summed E-state index contributed by atoms with van der Waals surface area (Å²) >= 11 is 0. The van der Waals surface area contributed by atoms with E-state index in [0.717, 1.165) is 5.56 Å². The van der Waals surface area contributed by atoms with Crippen molar-refractivity contribution in [3.8, 4) is 11.8 Å². The minimum absolute atomic E-state index is 0.150. The molecule has 0 saturated heterocycles. The van der Waals surface area contributed by atoms with Crippen LogP contribution in [-0.2, 0) is 14.3 Å². The van der Waals surface area contributed by atoms with Gasteiger partial charge in [0.05, 0.1) is 19.8 Å². The van der Waals surface area contributed by atoms with E-state index in [4.69, 9.17) is 14.7 Å². The average molecular weight is 301 g/mol. The standard InChI is InChI=1S/C17H19NO4/c1-13(12-18)9-10-22-17(20)11-15(19)8-7-14-5-3-4-6-16(14)21-2/h3-8,13H,9-11H2,1-2H3. The lowest BCUT2D eigenvalue weighted by Crippen LogP contribution is -2.11. The summed E-state index contributed by atoms with van der Waals surface area (Å²) in [6, 6.07) is 9.31. The number of methoxy groups -OCH3 is 1. The Kier molecular flexibility index (Phi) is 7.41. The highest BCUT2D eigenvalue weighted by Crippen LogP contribution is 2.18. The molecule has 0 fully saturated rings. The number of nitrogens with zero attached hydrogens (tertiary/aromatic N) is 1. The predicted octanol–water partition coefficient (Wildman–Crippen LogP) is 2.76. The summed E-state index contributed by atoms with van der Waals surface area (Å²) in [6.07, 6.45) is 3.09. The Labute approximate surface area is 130 Å². The van der Waals surface area contributed by atoms with Gasteiger partial charge in [0.15, 0.2) is 5.78 Å². The molecular formula is C17H19NO4. The Balaban J connectivity index is 2.44. The number of allylic oxidation sites excluding steroid dienone is 1. The SMILES string of the molecule is COc1ccccc1C=CC(=O)CC(=O)OCCC(C)C#N. The van der Waals surface area contributed by atoms with Gasteiger partial charge in [0, 0.05) is 11.5 Å². The number of carbonyl (C=O) groups is 2. The lowest BCUT2D eigenvalue weighted by atomic mass is 10.1. The van der Waals surface area contributed by atoms with E-state index in [2.05, 4.69) is 0 Å². The van der Waals surface area contributed by atoms with E-state index in [1.807, 2.05) is 24.3 Å². The van der Waals surface area contributed by atoms with Crippen molar-refractivity contribution in [2.45, 2.75) is 19.8 Å². The lowest BCUT2D eigenvalue weighted by molar-refractivity contribution is -0.145. The van der Waals surface area contributed by atoms with Crippen LogP contribution in [0.5, 0.6) is 5.75 Å². The molecular weight excluding hydrogens is 282 g/mol. The van der Waals surface area contributed by atoms with Gasteiger partial charge in [0.1, 0.15) is 12.2 Å². The summed E-state index contributed by atoms with van der Waals surface area (Å²) in [5, 5.41) is 8.60. The van der Waals surface area contributed by atoms with Crippen LogP contribution in [0.25, 0.3) is 6.08 Å². The summed E-state index contributed by atoms with van der Waals surface area (Å²) in [6.45, 7) is 1.89. The third kappa shape index (κ3) is 6.23. The molecule has 22 heavy (non-hydrogen) atoms. The number of rotatable bonds is 8. The van der Waals surface area contributed by atoms with Crippen molar-refractivity contribution in [2.75, 3.05) is 13.7 Å². The van der Waals surface area contributed by atoms with Crippen LogP contribution in [0.2, 0.25) is 0 Å². The van der Waals surface area contributed by atoms with Crippen molar-refractivity contribution in [2.24, 2.45) is 5.92 Å². The smallest absolute Gasteiger partial charge is 0.313 e. The van der Waals surface area contributed by atoms with E-state index >= 15 is 0 Å². The van der Waals surface area contributed by atoms with Crippen molar-refractivity contribution in [3.63, 3.8) is 0 Å². The molecule has 0 aliphatic rings. The van der Waals surface area contributed by atoms with Gasteiger partial charge in [-0.25, -0.2) is 0 Å². The van der Waals surface area contributed by atoms with Gasteiger partial charge in [0.25, 0.3) is 0 Å². The second-order valence-corrected chi connectivity index (χ2v) is 4.76. The first kappa shape index (κ1) is 17.4. The number of hydrogen-bond acceptors (Lipinski definition) is 5. The Morgan fingerprint density at radius 2 is 2.09 bits per heavy atom. The molecule has 0 aromatic heterocycles. The van der Waals surface area contributed by atoms with Gasteiger partial charge in [0.2, 0.25) is 0 Å². The van der Waals surface area contributed by atoms with Gasteiger partial charge in [-0.1, -0.05) is 18.2 Å². The first-order chi connectivity index (χ1) is 10.6. The van der Waals surface area contributed by atoms with Crippen molar-refractivity contribution in [1.82, 2.24) is 0 Å². The van der Waals surface area contributed by atoms with E-state index in [0.29, 0.717) is 12.2 Å². The Morgan fingerprint density at radius 3 is 2.77 bits per heavy atom. The van der Waals surface area contributed by atoms with E-state index in [9.17, 15) is 9.59 Å². The second kappa shape index (κ2) is 9.35. The van der Waals surface area contributed by atoms with Crippen molar-refractivity contribution >= 4 is 17.8 Å². The maximum Gasteiger partial charge on any atom is 0.313 e. The van der Waals surface area contributed by atoms with E-state index in [-0.39, 0.29) is 24.7 Å². The van der Waals surface area contributed by atoms with E-state index in [1.165, 1.54) is 6.08 Å². The number of para-hydroxylation sites is 1. The number of ether oxygens (including phenoxy) is 2. The molecule has 5 nitrogen and oxygen atoms in total. The molecule has 1 unspecified atom stereocenters. The van der Waals surface area contributed by atoms with Gasteiger partial charge in [-0.3, -0.25) is 9.59 Å². The minimum atomic E-state index is -0.584. The van der Waals surface area contributed by atoms with Gasteiger partial charge in [-0.15, -0.1) is 0 Å². The van der Waals surface area contributed by atoms with Crippen molar-refractivity contribution < 1.29 is 19.1 Å². The summed E-state index contributed by atoms with van der Waals surface area (Å²) in [5.41, 5.74) is 0.759. The van der Waals surface area contributed by atoms with Crippen LogP contribution < -0.4 is 4.74 Å². The van der Waals surface area contributed by atoms with Crippen LogP contribution >= 0.6 is 0 Å². The van der Waals surface area contributed by atoms with Crippen LogP contribution in [0.1, 0.15) is 25.3 Å². The van der Waals surface area contributed by atoms with Gasteiger partial charge in [-0.05, 0) is 31.6 Å². The zero-order valence-corrected chi connectivity index (χ0v) is 12.7. The molecule has 0 spiro atoms. The summed E-state index contributed by atoms with van der Waals surface area (Å²) in [5.74, 6) is -0.447. The quantitative estimate of drug-likeness (QED) is 0.419. The molecule has 0 bridgehead atoms. The molecule has 0 saturated carbocycles. The number of hydrogen-bond donors (Lipinski definition) is 0. The van der Waals surface area contributed by atoms with Gasteiger partial charge in [-0.2, -0.15) is 5.26 Å². The fourth-order valence-electron chi connectivity index (χ4n) is 1.65. The first-order valence-corrected chi connectivity index (χ1v) is 6.96. The average Bonchev–Trinajstić information content (AvgIpc) is 2.52. The number of benzene rings is 1. The van der Waals surface area contributed by atoms with Crippen LogP contribution in [0.4, 0.5) is 0 Å². The summed E-state index contributed by atoms with van der Waals surface area (Å²) in [7, 11) is 1.55. The zero-order valence-electron chi connectivity index (χ0n) is 12.7. The first-order valence-electron chi connectivity index (χ1n) is 6.96. The Bertz CT molecular complexity index is 587. The number of ketones is 1. The topological polar surface area (TPSA) is 76.4 Å². The van der Waals surface area contributed by atoms with Gasteiger partial charge >= 0.3 is 5.97 Å². The highest BCUT2D eigenvalue weighted by molar-refractivity contribution is 6.04. The Hall–Kier alpha value is -2.61. The highest BCUT2D eigenvalue weighted by atomic mass is 16.5. The van der Waals surface area contributed by atoms with Crippen LogP contribution in [0.15, 0.2) is 30.3 Å². The molecule has 0 heterocycles. The number of nitriles is 1. The monoisotopic (exact) mass is 301 g/mol. The highest BCUT2D eigenvalue weighted by Gasteiger charge is 2.09. The van der Waals surface area contributed by atoms with Gasteiger partial charge < -0.3 is 9.47 Å². The molecule has 1 atom stereocenters. The summed E-state index contributed by atoms with van der Waals surface area (Å²) in [4.78, 5) is 23.2. The number of esters is 1. The fraction of sp³-hybridized carbons (Fsp3) is 0.353. The van der Waals surface area contributed by atoms with E-state index in [1.54, 1.807) is 26.2 Å². The molecule has 0 radical (unpaired) electrons. The Morgan fingerprint density at radius 1 is 1.36 bits per heavy atom. The third-order valence-corrected chi connectivity index (χ3v) is 2.94. The summed E-state index contributed by atoms with van der Waals surface area (Å²) < 4.78 is 10.1. The van der Waals surface area contributed by atoms with Crippen LogP contribution in [-0.4, -0.2) is 25.5 Å². The molecule has 5 heteroatoms. The van der Waals surface area contributed by atoms with Crippen LogP contribution in [0, 0.1) is 17.2 Å². The molecule has 0 N–H and O–H groups in total. The molecule has 0 aliphatic heterocycles. The zero-order chi connectivity index (χ0) is 16.4. The molecule has 1 rings (SSSR count). The molecule has 1 aromatic rings. The van der Waals surface area contributed by atoms with E-state index < -0.39 is 5.97 Å². The lowest BCUT2D eigenvalue weighted by Gasteiger charge is -2.04. The fourth-order valence-corrected chi connectivity index (χ4v) is 1.65. The molecule has 1 aromatic carbocycles. The minimum Gasteiger partial charge on any atom is -0.496 e. The normalized spacial score (nSPS) is 11.7. The maximum atomic E-state index is 11.7. The second-order valence-electron chi connectivity index (χ2n) is 4.76. The van der Waals surface area contributed by atoms with Crippen molar-refractivity contribution in [3.05, 3.63) is 35.9 Å². The molecule has 0 aliphatic carbocycles. The maximum absolute atomic E-state index is 11.7. The predicted molar refractivity (Wildman–Crippen MR) is 82.0 cm³/mol. The largest absolute Gasteiger partial charge is 0.496 e. The third-order valence-electron chi connectivity index (χ3n) is 2.94.